The van der Waals surface area contributed by atoms with Crippen molar-refractivity contribution in [2.45, 2.75) is 39.3 Å². The molecule has 116 valence electrons. The topological polar surface area (TPSA) is 44.4 Å². The van der Waals surface area contributed by atoms with Gasteiger partial charge in [0.1, 0.15) is 0 Å². The highest BCUT2D eigenvalue weighted by molar-refractivity contribution is 5.74. The first kappa shape index (κ1) is 15.8. The molecule has 2 amide bonds. The zero-order valence-electron chi connectivity index (χ0n) is 13.1. The second-order valence-electron chi connectivity index (χ2n) is 5.71. The molecule has 1 aliphatic rings. The van der Waals surface area contributed by atoms with E-state index in [1.807, 2.05) is 35.2 Å². The second kappa shape index (κ2) is 8.03. The Balaban J connectivity index is 1.83. The predicted octanol–water partition coefficient (Wildman–Crippen LogP) is 2.61. The maximum atomic E-state index is 12.3. The number of urea groups is 1. The summed E-state index contributed by atoms with van der Waals surface area (Å²) in [6.07, 6.45) is 2.16. The van der Waals surface area contributed by atoms with E-state index in [4.69, 9.17) is 0 Å². The van der Waals surface area contributed by atoms with Crippen molar-refractivity contribution in [1.82, 2.24) is 15.5 Å². The molecule has 0 aromatic heterocycles. The van der Waals surface area contributed by atoms with Crippen LogP contribution in [0.25, 0.3) is 0 Å². The molecule has 2 atom stereocenters. The summed E-state index contributed by atoms with van der Waals surface area (Å²) < 4.78 is 0. The Hall–Kier alpha value is -1.55. The molecule has 1 aromatic rings. The number of carbonyl (C=O) groups is 1. The number of hydrogen-bond donors (Lipinski definition) is 2. The van der Waals surface area contributed by atoms with Gasteiger partial charge in [-0.25, -0.2) is 4.79 Å². The van der Waals surface area contributed by atoms with Crippen molar-refractivity contribution < 1.29 is 4.79 Å². The molecule has 1 aliphatic heterocycles. The normalized spacial score (nSPS) is 22.1. The monoisotopic (exact) mass is 289 g/mol. The second-order valence-corrected chi connectivity index (χ2v) is 5.71. The lowest BCUT2D eigenvalue weighted by Crippen LogP contribution is -2.53. The molecule has 1 fully saturated rings. The van der Waals surface area contributed by atoms with Gasteiger partial charge in [-0.3, -0.25) is 0 Å². The summed E-state index contributed by atoms with van der Waals surface area (Å²) in [6, 6.07) is 10.7. The molecule has 2 rings (SSSR count). The summed E-state index contributed by atoms with van der Waals surface area (Å²) in [5.41, 5.74) is 1.14. The van der Waals surface area contributed by atoms with Crippen LogP contribution < -0.4 is 10.6 Å². The van der Waals surface area contributed by atoms with E-state index in [-0.39, 0.29) is 6.03 Å². The van der Waals surface area contributed by atoms with Crippen LogP contribution in [-0.4, -0.2) is 36.6 Å². The van der Waals surface area contributed by atoms with Crippen molar-refractivity contribution in [3.05, 3.63) is 35.9 Å². The van der Waals surface area contributed by atoms with E-state index in [0.717, 1.165) is 38.0 Å². The molecule has 21 heavy (non-hydrogen) atoms. The summed E-state index contributed by atoms with van der Waals surface area (Å²) in [6.45, 7) is 7.65. The van der Waals surface area contributed by atoms with E-state index in [2.05, 4.69) is 24.5 Å². The molecular weight excluding hydrogens is 262 g/mol. The number of amides is 2. The molecule has 0 spiro atoms. The number of nitrogens with one attached hydrogen (secondary N) is 2. The van der Waals surface area contributed by atoms with E-state index in [0.29, 0.717) is 18.5 Å². The Labute approximate surface area is 127 Å². The van der Waals surface area contributed by atoms with Crippen LogP contribution >= 0.6 is 0 Å². The standard InChI is InChI=1S/C17H27N3O/c1-3-15-13-20(11-10-16(15)18-4-2)17(21)19-12-14-8-6-5-7-9-14/h5-9,15-16,18H,3-4,10-13H2,1-2H3,(H,19,21). The fourth-order valence-corrected chi connectivity index (χ4v) is 3.05. The van der Waals surface area contributed by atoms with Crippen molar-refractivity contribution in [2.75, 3.05) is 19.6 Å². The lowest BCUT2D eigenvalue weighted by atomic mass is 9.90. The third-order valence-corrected chi connectivity index (χ3v) is 4.30. The highest BCUT2D eigenvalue weighted by Gasteiger charge is 2.29. The van der Waals surface area contributed by atoms with Crippen LogP contribution in [0.15, 0.2) is 30.3 Å². The van der Waals surface area contributed by atoms with E-state index in [9.17, 15) is 4.79 Å². The number of nitrogens with zero attached hydrogens (tertiary/aromatic N) is 1. The SMILES string of the molecule is CCNC1CCN(C(=O)NCc2ccccc2)CC1CC. The van der Waals surface area contributed by atoms with Gasteiger partial charge in [-0.05, 0) is 24.4 Å². The van der Waals surface area contributed by atoms with Crippen molar-refractivity contribution >= 4 is 6.03 Å². The van der Waals surface area contributed by atoms with E-state index < -0.39 is 0 Å². The molecule has 1 aromatic carbocycles. The molecule has 4 nitrogen and oxygen atoms in total. The average molecular weight is 289 g/mol. The maximum Gasteiger partial charge on any atom is 0.317 e. The summed E-state index contributed by atoms with van der Waals surface area (Å²) in [5, 5.41) is 6.57. The summed E-state index contributed by atoms with van der Waals surface area (Å²) in [5.74, 6) is 0.557. The molecule has 2 N–H and O–H groups in total. The molecule has 1 heterocycles. The Morgan fingerprint density at radius 1 is 1.29 bits per heavy atom. The van der Waals surface area contributed by atoms with E-state index in [1.54, 1.807) is 0 Å². The third-order valence-electron chi connectivity index (χ3n) is 4.30. The Kier molecular flexibility index (Phi) is 6.05. The first-order valence-electron chi connectivity index (χ1n) is 8.04. The van der Waals surface area contributed by atoms with Crippen LogP contribution in [0.3, 0.4) is 0 Å². The zero-order chi connectivity index (χ0) is 15.1. The van der Waals surface area contributed by atoms with Crippen molar-refractivity contribution in [2.24, 2.45) is 5.92 Å². The minimum atomic E-state index is 0.0623. The molecule has 0 bridgehead atoms. The maximum absolute atomic E-state index is 12.3. The number of hydrogen-bond acceptors (Lipinski definition) is 2. The number of piperidine rings is 1. The molecule has 0 saturated carbocycles. The van der Waals surface area contributed by atoms with Gasteiger partial charge in [-0.1, -0.05) is 50.6 Å². The number of carbonyl (C=O) groups excluding carboxylic acids is 1. The van der Waals surface area contributed by atoms with Gasteiger partial charge in [0.2, 0.25) is 0 Å². The van der Waals surface area contributed by atoms with Crippen LogP contribution in [0.4, 0.5) is 4.79 Å². The lowest BCUT2D eigenvalue weighted by molar-refractivity contribution is 0.142. The Morgan fingerprint density at radius 2 is 2.05 bits per heavy atom. The average Bonchev–Trinajstić information content (AvgIpc) is 2.54. The molecule has 4 heteroatoms. The fourth-order valence-electron chi connectivity index (χ4n) is 3.05. The highest BCUT2D eigenvalue weighted by atomic mass is 16.2. The van der Waals surface area contributed by atoms with Crippen molar-refractivity contribution in [3.63, 3.8) is 0 Å². The number of likely N-dealkylation sites (tertiary alicyclic amines) is 1. The van der Waals surface area contributed by atoms with Gasteiger partial charge in [0.05, 0.1) is 0 Å². The van der Waals surface area contributed by atoms with Crippen LogP contribution in [0, 0.1) is 5.92 Å². The first-order chi connectivity index (χ1) is 10.2. The molecule has 0 radical (unpaired) electrons. The van der Waals surface area contributed by atoms with Gasteiger partial charge in [0.25, 0.3) is 0 Å². The van der Waals surface area contributed by atoms with E-state index >= 15 is 0 Å². The first-order valence-corrected chi connectivity index (χ1v) is 8.04. The molecule has 2 unspecified atom stereocenters. The number of rotatable bonds is 5. The van der Waals surface area contributed by atoms with Gasteiger partial charge in [0.15, 0.2) is 0 Å². The summed E-state index contributed by atoms with van der Waals surface area (Å²) >= 11 is 0. The molecule has 1 saturated heterocycles. The van der Waals surface area contributed by atoms with E-state index in [1.165, 1.54) is 0 Å². The highest BCUT2D eigenvalue weighted by Crippen LogP contribution is 2.20. The van der Waals surface area contributed by atoms with Crippen LogP contribution in [-0.2, 0) is 6.54 Å². The lowest BCUT2D eigenvalue weighted by Gasteiger charge is -2.38. The van der Waals surface area contributed by atoms with Crippen LogP contribution in [0.2, 0.25) is 0 Å². The smallest absolute Gasteiger partial charge is 0.317 e. The number of benzene rings is 1. The van der Waals surface area contributed by atoms with Gasteiger partial charge < -0.3 is 15.5 Å². The van der Waals surface area contributed by atoms with Gasteiger partial charge >= 0.3 is 6.03 Å². The Bertz CT molecular complexity index is 435. The van der Waals surface area contributed by atoms with Crippen molar-refractivity contribution in [1.29, 1.82) is 0 Å². The summed E-state index contributed by atoms with van der Waals surface area (Å²) in [4.78, 5) is 14.3. The predicted molar refractivity (Wildman–Crippen MR) is 86.1 cm³/mol. The summed E-state index contributed by atoms with van der Waals surface area (Å²) in [7, 11) is 0. The van der Waals surface area contributed by atoms with Gasteiger partial charge in [0, 0.05) is 25.7 Å². The molecule has 0 aliphatic carbocycles. The van der Waals surface area contributed by atoms with Crippen LogP contribution in [0.1, 0.15) is 32.3 Å². The van der Waals surface area contributed by atoms with Crippen LogP contribution in [0.5, 0.6) is 0 Å². The Morgan fingerprint density at radius 3 is 2.71 bits per heavy atom. The minimum absolute atomic E-state index is 0.0623. The third kappa shape index (κ3) is 4.46. The van der Waals surface area contributed by atoms with Crippen molar-refractivity contribution in [3.8, 4) is 0 Å². The quantitative estimate of drug-likeness (QED) is 0.875. The fraction of sp³-hybridized carbons (Fsp3) is 0.588. The van der Waals surface area contributed by atoms with Gasteiger partial charge in [-0.15, -0.1) is 0 Å². The largest absolute Gasteiger partial charge is 0.334 e. The zero-order valence-corrected chi connectivity index (χ0v) is 13.1. The minimum Gasteiger partial charge on any atom is -0.334 e. The van der Waals surface area contributed by atoms with Gasteiger partial charge in [-0.2, -0.15) is 0 Å². The molecular formula is C17H27N3O.